The fourth-order valence-corrected chi connectivity index (χ4v) is 4.51. The molecule has 6 nitrogen and oxygen atoms in total. The molecule has 158 valence electrons. The molecular formula is C24H22N2O4S. The van der Waals surface area contributed by atoms with Gasteiger partial charge in [0.25, 0.3) is 5.91 Å². The molecule has 1 aromatic heterocycles. The molecule has 31 heavy (non-hydrogen) atoms. The van der Waals surface area contributed by atoms with Gasteiger partial charge in [0.05, 0.1) is 29.0 Å². The average Bonchev–Trinajstić information content (AvgIpc) is 3.10. The van der Waals surface area contributed by atoms with E-state index in [1.807, 2.05) is 61.5 Å². The molecule has 3 aromatic carbocycles. The second-order valence-corrected chi connectivity index (χ2v) is 7.76. The van der Waals surface area contributed by atoms with Crippen molar-refractivity contribution in [2.75, 3.05) is 13.2 Å². The normalized spacial score (nSPS) is 11.7. The van der Waals surface area contributed by atoms with Crippen LogP contribution in [0.2, 0.25) is 0 Å². The number of esters is 1. The van der Waals surface area contributed by atoms with E-state index in [1.54, 1.807) is 17.6 Å². The van der Waals surface area contributed by atoms with Crippen LogP contribution in [0.25, 0.3) is 21.0 Å². The van der Waals surface area contributed by atoms with Crippen molar-refractivity contribution in [2.24, 2.45) is 4.99 Å². The SMILES string of the molecule is CCOC(=O)Cn1c(=NC(=O)c2c(OCC)ccc3ccccc23)sc2ccccc21. The molecule has 0 aliphatic carbocycles. The Bertz CT molecular complexity index is 1340. The Morgan fingerprint density at radius 2 is 1.74 bits per heavy atom. The van der Waals surface area contributed by atoms with Crippen molar-refractivity contribution in [1.29, 1.82) is 0 Å². The van der Waals surface area contributed by atoms with Gasteiger partial charge in [-0.25, -0.2) is 0 Å². The summed E-state index contributed by atoms with van der Waals surface area (Å²) in [6.07, 6.45) is 0. The maximum absolute atomic E-state index is 13.4. The molecule has 0 bridgehead atoms. The monoisotopic (exact) mass is 434 g/mol. The van der Waals surface area contributed by atoms with Crippen LogP contribution < -0.4 is 9.54 Å². The van der Waals surface area contributed by atoms with Gasteiger partial charge in [0.1, 0.15) is 12.3 Å². The first-order valence-electron chi connectivity index (χ1n) is 10.1. The number of thiazole rings is 1. The van der Waals surface area contributed by atoms with Gasteiger partial charge in [-0.15, -0.1) is 0 Å². The second kappa shape index (κ2) is 9.14. The molecule has 4 rings (SSSR count). The third kappa shape index (κ3) is 4.22. The van der Waals surface area contributed by atoms with Crippen LogP contribution in [-0.2, 0) is 16.1 Å². The van der Waals surface area contributed by atoms with Crippen molar-refractivity contribution in [2.45, 2.75) is 20.4 Å². The lowest BCUT2D eigenvalue weighted by atomic mass is 10.0. The number of hydrogen-bond donors (Lipinski definition) is 0. The van der Waals surface area contributed by atoms with Gasteiger partial charge in [0, 0.05) is 0 Å². The Labute approximate surface area is 183 Å². The van der Waals surface area contributed by atoms with Gasteiger partial charge in [-0.2, -0.15) is 4.99 Å². The Morgan fingerprint density at radius 1 is 0.968 bits per heavy atom. The summed E-state index contributed by atoms with van der Waals surface area (Å²) in [6, 6.07) is 19.0. The second-order valence-electron chi connectivity index (χ2n) is 6.75. The van der Waals surface area contributed by atoms with E-state index in [1.165, 1.54) is 11.3 Å². The molecule has 1 heterocycles. The van der Waals surface area contributed by atoms with Crippen LogP contribution in [0.3, 0.4) is 0 Å². The minimum Gasteiger partial charge on any atom is -0.493 e. The van der Waals surface area contributed by atoms with Crippen LogP contribution in [0.1, 0.15) is 24.2 Å². The van der Waals surface area contributed by atoms with E-state index in [0.29, 0.717) is 29.3 Å². The zero-order chi connectivity index (χ0) is 21.8. The highest BCUT2D eigenvalue weighted by atomic mass is 32.1. The van der Waals surface area contributed by atoms with Gasteiger partial charge in [-0.3, -0.25) is 9.59 Å². The Morgan fingerprint density at radius 3 is 2.55 bits per heavy atom. The first-order chi connectivity index (χ1) is 15.1. The Hall–Kier alpha value is -3.45. The molecule has 0 radical (unpaired) electrons. The van der Waals surface area contributed by atoms with E-state index in [-0.39, 0.29) is 12.5 Å². The summed E-state index contributed by atoms with van der Waals surface area (Å²) < 4.78 is 13.5. The van der Waals surface area contributed by atoms with Crippen LogP contribution in [-0.4, -0.2) is 29.7 Å². The summed E-state index contributed by atoms with van der Waals surface area (Å²) in [5.74, 6) is -0.294. The standard InChI is InChI=1S/C24H22N2O4S/c1-3-29-19-14-13-16-9-5-6-10-17(16)22(19)23(28)25-24-26(15-21(27)30-4-2)18-11-7-8-12-20(18)31-24/h5-14H,3-4,15H2,1-2H3. The highest BCUT2D eigenvalue weighted by Gasteiger charge is 2.18. The van der Waals surface area contributed by atoms with Crippen LogP contribution in [0, 0.1) is 0 Å². The van der Waals surface area contributed by atoms with Crippen LogP contribution in [0.5, 0.6) is 5.75 Å². The minimum absolute atomic E-state index is 0.0161. The number of ether oxygens (including phenoxy) is 2. The zero-order valence-corrected chi connectivity index (χ0v) is 18.1. The van der Waals surface area contributed by atoms with Crippen molar-refractivity contribution in [3.05, 3.63) is 71.0 Å². The summed E-state index contributed by atoms with van der Waals surface area (Å²) in [5, 5.41) is 1.71. The van der Waals surface area contributed by atoms with Gasteiger partial charge in [0.15, 0.2) is 4.80 Å². The van der Waals surface area contributed by atoms with Crippen molar-refractivity contribution in [3.63, 3.8) is 0 Å². The zero-order valence-electron chi connectivity index (χ0n) is 17.3. The summed E-state index contributed by atoms with van der Waals surface area (Å²) in [4.78, 5) is 30.5. The molecule has 0 atom stereocenters. The number of benzene rings is 3. The molecule has 0 aliphatic heterocycles. The lowest BCUT2D eigenvalue weighted by Crippen LogP contribution is -2.23. The molecule has 0 N–H and O–H groups in total. The van der Waals surface area contributed by atoms with E-state index >= 15 is 0 Å². The number of aromatic nitrogens is 1. The molecule has 0 saturated carbocycles. The number of carbonyl (C=O) groups is 2. The third-order valence-electron chi connectivity index (χ3n) is 4.78. The lowest BCUT2D eigenvalue weighted by molar-refractivity contribution is -0.143. The summed E-state index contributed by atoms with van der Waals surface area (Å²) in [5.41, 5.74) is 1.25. The topological polar surface area (TPSA) is 69.9 Å². The number of fused-ring (bicyclic) bond motifs is 2. The highest BCUT2D eigenvalue weighted by molar-refractivity contribution is 7.16. The smallest absolute Gasteiger partial charge is 0.326 e. The predicted octanol–water partition coefficient (Wildman–Crippen LogP) is 4.56. The third-order valence-corrected chi connectivity index (χ3v) is 5.84. The van der Waals surface area contributed by atoms with Gasteiger partial charge < -0.3 is 14.0 Å². The summed E-state index contributed by atoms with van der Waals surface area (Å²) in [7, 11) is 0. The molecule has 0 unspecified atom stereocenters. The molecule has 0 fully saturated rings. The molecule has 4 aromatic rings. The number of rotatable bonds is 6. The molecule has 7 heteroatoms. The number of amides is 1. The molecule has 0 aliphatic rings. The number of para-hydroxylation sites is 1. The molecule has 1 amide bonds. The summed E-state index contributed by atoms with van der Waals surface area (Å²) in [6.45, 7) is 4.35. The maximum Gasteiger partial charge on any atom is 0.326 e. The maximum atomic E-state index is 13.4. The van der Waals surface area contributed by atoms with E-state index in [4.69, 9.17) is 9.47 Å². The highest BCUT2D eigenvalue weighted by Crippen LogP contribution is 2.29. The summed E-state index contributed by atoms with van der Waals surface area (Å²) >= 11 is 1.36. The van der Waals surface area contributed by atoms with Crippen LogP contribution >= 0.6 is 11.3 Å². The molecule has 0 saturated heterocycles. The number of hydrogen-bond acceptors (Lipinski definition) is 5. The van der Waals surface area contributed by atoms with E-state index in [0.717, 1.165) is 21.0 Å². The van der Waals surface area contributed by atoms with Crippen molar-refractivity contribution >= 4 is 44.2 Å². The Balaban J connectivity index is 1.89. The van der Waals surface area contributed by atoms with E-state index < -0.39 is 5.91 Å². The van der Waals surface area contributed by atoms with Gasteiger partial charge in [-0.1, -0.05) is 53.8 Å². The minimum atomic E-state index is -0.413. The van der Waals surface area contributed by atoms with Crippen molar-refractivity contribution in [1.82, 2.24) is 4.57 Å². The fraction of sp³-hybridized carbons (Fsp3) is 0.208. The van der Waals surface area contributed by atoms with E-state index in [9.17, 15) is 9.59 Å². The van der Waals surface area contributed by atoms with Gasteiger partial charge in [-0.05, 0) is 42.8 Å². The predicted molar refractivity (Wildman–Crippen MR) is 121 cm³/mol. The lowest BCUT2D eigenvalue weighted by Gasteiger charge is -2.11. The number of nitrogens with zero attached hydrogens (tertiary/aromatic N) is 2. The van der Waals surface area contributed by atoms with Crippen molar-refractivity contribution in [3.8, 4) is 5.75 Å². The molecule has 0 spiro atoms. The largest absolute Gasteiger partial charge is 0.493 e. The Kier molecular flexibility index (Phi) is 6.13. The quantitative estimate of drug-likeness (QED) is 0.417. The average molecular weight is 435 g/mol. The van der Waals surface area contributed by atoms with Gasteiger partial charge in [0.2, 0.25) is 0 Å². The molecular weight excluding hydrogens is 412 g/mol. The van der Waals surface area contributed by atoms with Crippen molar-refractivity contribution < 1.29 is 19.1 Å². The number of carbonyl (C=O) groups excluding carboxylic acids is 2. The van der Waals surface area contributed by atoms with Crippen LogP contribution in [0.4, 0.5) is 0 Å². The van der Waals surface area contributed by atoms with E-state index in [2.05, 4.69) is 4.99 Å². The first-order valence-corrected chi connectivity index (χ1v) is 10.9. The fourth-order valence-electron chi connectivity index (χ4n) is 3.49. The van der Waals surface area contributed by atoms with Crippen LogP contribution in [0.15, 0.2) is 65.7 Å². The van der Waals surface area contributed by atoms with Gasteiger partial charge >= 0.3 is 5.97 Å². The first kappa shape index (κ1) is 20.8.